The van der Waals surface area contributed by atoms with Gasteiger partial charge in [0.25, 0.3) is 5.56 Å². The van der Waals surface area contributed by atoms with Crippen LogP contribution in [0.1, 0.15) is 11.1 Å². The van der Waals surface area contributed by atoms with Crippen LogP contribution in [0.15, 0.2) is 45.0 Å². The van der Waals surface area contributed by atoms with Gasteiger partial charge in [0.05, 0.1) is 21.5 Å². The first-order valence-corrected chi connectivity index (χ1v) is 12.5. The van der Waals surface area contributed by atoms with E-state index in [-0.39, 0.29) is 32.1 Å². The number of rotatable bonds is 3. The quantitative estimate of drug-likeness (QED) is 0.452. The Bertz CT molecular complexity index is 1660. The number of aromatic nitrogens is 4. The summed E-state index contributed by atoms with van der Waals surface area (Å²) in [5.41, 5.74) is 2.08. The number of nitrogens with one attached hydrogen (secondary N) is 1. The number of H-pyrrole nitrogens is 1. The van der Waals surface area contributed by atoms with E-state index in [9.17, 15) is 18.3 Å². The lowest BCUT2D eigenvalue weighted by atomic mass is 9.73. The van der Waals surface area contributed by atoms with E-state index in [1.165, 1.54) is 16.6 Å². The lowest BCUT2D eigenvalue weighted by molar-refractivity contribution is -0.00256. The number of benzene rings is 2. The molecule has 2 fully saturated rings. The first kappa shape index (κ1) is 21.1. The number of phenolic OH excluding ortho intramolecular Hbond substituents is 1. The molecule has 2 N–H and O–H groups in total. The zero-order valence-electron chi connectivity index (χ0n) is 19.0. The number of aromatic amines is 1. The van der Waals surface area contributed by atoms with Gasteiger partial charge in [0.1, 0.15) is 5.75 Å². The molecule has 2 aromatic heterocycles. The molecule has 4 aromatic rings. The molecule has 2 aliphatic heterocycles. The molecule has 0 amide bonds. The van der Waals surface area contributed by atoms with Crippen LogP contribution in [0.5, 0.6) is 5.75 Å². The Balaban J connectivity index is 1.49. The predicted octanol–water partition coefficient (Wildman–Crippen LogP) is 1.48. The summed E-state index contributed by atoms with van der Waals surface area (Å²) >= 11 is 0. The van der Waals surface area contributed by atoms with E-state index in [4.69, 9.17) is 0 Å². The number of aromatic hydroxyl groups is 1. The fourth-order valence-corrected chi connectivity index (χ4v) is 6.98. The molecule has 10 nitrogen and oxygen atoms in total. The van der Waals surface area contributed by atoms with Crippen molar-refractivity contribution in [3.8, 4) is 5.75 Å². The van der Waals surface area contributed by atoms with Crippen molar-refractivity contribution in [1.82, 2.24) is 24.7 Å². The smallest absolute Gasteiger partial charge is 0.281 e. The van der Waals surface area contributed by atoms with Gasteiger partial charge in [-0.2, -0.15) is 4.98 Å². The summed E-state index contributed by atoms with van der Waals surface area (Å²) < 4.78 is 28.2. The summed E-state index contributed by atoms with van der Waals surface area (Å²) in [6.45, 7) is 7.27. The molecule has 2 saturated heterocycles. The second kappa shape index (κ2) is 6.80. The highest BCUT2D eigenvalue weighted by molar-refractivity contribution is 7.91. The average Bonchev–Trinajstić information content (AvgIpc) is 3.14. The number of fused-ring (bicyclic) bond motifs is 3. The van der Waals surface area contributed by atoms with Crippen LogP contribution < -0.4 is 10.5 Å². The highest BCUT2D eigenvalue weighted by Gasteiger charge is 2.50. The molecule has 2 aromatic carbocycles. The summed E-state index contributed by atoms with van der Waals surface area (Å²) in [5, 5.41) is 17.3. The second-order valence-corrected chi connectivity index (χ2v) is 11.6. The first-order valence-electron chi connectivity index (χ1n) is 11.0. The van der Waals surface area contributed by atoms with E-state index in [1.807, 2.05) is 6.92 Å². The van der Waals surface area contributed by atoms with Crippen molar-refractivity contribution in [3.63, 3.8) is 0 Å². The summed E-state index contributed by atoms with van der Waals surface area (Å²) in [6.07, 6.45) is 0. The molecule has 0 bridgehead atoms. The molecular weight excluding hydrogens is 456 g/mol. The van der Waals surface area contributed by atoms with Crippen molar-refractivity contribution >= 4 is 32.1 Å². The second-order valence-electron chi connectivity index (χ2n) is 9.75. The number of hydrogen-bond acceptors (Lipinski definition) is 8. The van der Waals surface area contributed by atoms with Gasteiger partial charge in [0, 0.05) is 31.6 Å². The molecule has 0 atom stereocenters. The average molecular weight is 481 g/mol. The Labute approximate surface area is 195 Å². The number of aryl methyl sites for hydroxylation is 2. The highest BCUT2D eigenvalue weighted by Crippen LogP contribution is 2.44. The standard InChI is InChI=1S/C23H24N6O4S/c1-13-4-5-19(14(2)6-13)34(32,33)22-20-24-21(31)15-7-18(30)17(8-16(15)29(20)26-25-22)28-11-23(12-28)9-27(3)10-23/h4-8,26,30H,9-12H2,1-3H3. The molecule has 0 aliphatic carbocycles. The van der Waals surface area contributed by atoms with Gasteiger partial charge in [0.2, 0.25) is 14.9 Å². The minimum Gasteiger partial charge on any atom is -0.506 e. The Morgan fingerprint density at radius 2 is 1.82 bits per heavy atom. The minimum absolute atomic E-state index is 0.00322. The Morgan fingerprint density at radius 1 is 1.09 bits per heavy atom. The molecule has 2 aliphatic rings. The van der Waals surface area contributed by atoms with Crippen molar-refractivity contribution < 1.29 is 13.5 Å². The predicted molar refractivity (Wildman–Crippen MR) is 126 cm³/mol. The van der Waals surface area contributed by atoms with Crippen LogP contribution in [0.4, 0.5) is 5.69 Å². The summed E-state index contributed by atoms with van der Waals surface area (Å²) in [4.78, 5) is 21.3. The van der Waals surface area contributed by atoms with E-state index in [0.29, 0.717) is 16.8 Å². The van der Waals surface area contributed by atoms with Gasteiger partial charge in [-0.05, 0) is 44.7 Å². The minimum atomic E-state index is -4.03. The molecule has 11 heteroatoms. The molecule has 1 spiro atoms. The van der Waals surface area contributed by atoms with Gasteiger partial charge in [0.15, 0.2) is 5.65 Å². The maximum absolute atomic E-state index is 13.4. The van der Waals surface area contributed by atoms with Crippen LogP contribution in [0, 0.1) is 19.3 Å². The SMILES string of the molecule is Cc1ccc(S(=O)(=O)c2n[nH]n3c2nc(=O)c2cc(O)c(N4CC5(CN(C)C5)C4)cc23)c(C)c1. The van der Waals surface area contributed by atoms with Gasteiger partial charge in [-0.3, -0.25) is 4.79 Å². The van der Waals surface area contributed by atoms with E-state index < -0.39 is 15.4 Å². The molecule has 6 rings (SSSR count). The monoisotopic (exact) mass is 480 g/mol. The topological polar surface area (TPSA) is 124 Å². The van der Waals surface area contributed by atoms with E-state index >= 15 is 0 Å². The van der Waals surface area contributed by atoms with Crippen LogP contribution in [-0.4, -0.2) is 71.5 Å². The van der Waals surface area contributed by atoms with Crippen molar-refractivity contribution in [3.05, 3.63) is 51.8 Å². The number of phenols is 1. The van der Waals surface area contributed by atoms with Gasteiger partial charge in [-0.15, -0.1) is 5.10 Å². The third-order valence-electron chi connectivity index (χ3n) is 6.90. The number of hydrogen-bond donors (Lipinski definition) is 2. The molecular formula is C23H24N6O4S. The molecule has 4 heterocycles. The van der Waals surface area contributed by atoms with Crippen LogP contribution in [0.2, 0.25) is 0 Å². The van der Waals surface area contributed by atoms with E-state index in [0.717, 1.165) is 31.7 Å². The van der Waals surface area contributed by atoms with Crippen molar-refractivity contribution in [2.24, 2.45) is 5.41 Å². The number of likely N-dealkylation sites (tertiary alicyclic amines) is 1. The number of nitrogens with zero attached hydrogens (tertiary/aromatic N) is 5. The van der Waals surface area contributed by atoms with Gasteiger partial charge in [-0.25, -0.2) is 18.1 Å². The van der Waals surface area contributed by atoms with Gasteiger partial charge < -0.3 is 14.9 Å². The molecule has 0 unspecified atom stereocenters. The number of anilines is 1. The highest BCUT2D eigenvalue weighted by atomic mass is 32.2. The van der Waals surface area contributed by atoms with Crippen molar-refractivity contribution in [2.75, 3.05) is 38.1 Å². The third-order valence-corrected chi connectivity index (χ3v) is 8.72. The van der Waals surface area contributed by atoms with Crippen molar-refractivity contribution in [2.45, 2.75) is 23.8 Å². The zero-order chi connectivity index (χ0) is 24.0. The van der Waals surface area contributed by atoms with Gasteiger partial charge in [-0.1, -0.05) is 17.7 Å². The summed E-state index contributed by atoms with van der Waals surface area (Å²) in [6, 6.07) is 8.13. The van der Waals surface area contributed by atoms with Crippen LogP contribution in [0.3, 0.4) is 0 Å². The van der Waals surface area contributed by atoms with E-state index in [1.54, 1.807) is 25.1 Å². The summed E-state index contributed by atoms with van der Waals surface area (Å²) in [7, 11) is -1.95. The summed E-state index contributed by atoms with van der Waals surface area (Å²) in [5.74, 6) is -0.00322. The maximum atomic E-state index is 13.4. The normalized spacial score (nSPS) is 17.9. The molecule has 34 heavy (non-hydrogen) atoms. The maximum Gasteiger partial charge on any atom is 0.281 e. The fraction of sp³-hybridized carbons (Fsp3) is 0.348. The molecule has 0 radical (unpaired) electrons. The van der Waals surface area contributed by atoms with Crippen LogP contribution in [-0.2, 0) is 9.84 Å². The van der Waals surface area contributed by atoms with Gasteiger partial charge >= 0.3 is 0 Å². The van der Waals surface area contributed by atoms with E-state index in [2.05, 4.69) is 32.1 Å². The molecule has 176 valence electrons. The zero-order valence-corrected chi connectivity index (χ0v) is 19.8. The van der Waals surface area contributed by atoms with Crippen molar-refractivity contribution in [1.29, 1.82) is 0 Å². The van der Waals surface area contributed by atoms with Crippen LogP contribution in [0.25, 0.3) is 16.6 Å². The lowest BCUT2D eigenvalue weighted by Crippen LogP contribution is -2.71. The molecule has 0 saturated carbocycles. The third kappa shape index (κ3) is 2.90. The fourth-order valence-electron chi connectivity index (χ4n) is 5.50. The Morgan fingerprint density at radius 3 is 2.50 bits per heavy atom. The van der Waals surface area contributed by atoms with Crippen LogP contribution >= 0.6 is 0 Å². The largest absolute Gasteiger partial charge is 0.506 e. The Kier molecular flexibility index (Phi) is 4.22. The lowest BCUT2D eigenvalue weighted by Gasteiger charge is -2.60. The first-order chi connectivity index (χ1) is 16.1. The number of sulfone groups is 1. The Hall–Kier alpha value is -3.44.